The first-order valence-electron chi connectivity index (χ1n) is 6.73. The van der Waals surface area contributed by atoms with E-state index in [-0.39, 0.29) is 5.56 Å². The average Bonchev–Trinajstić information content (AvgIpc) is 2.50. The van der Waals surface area contributed by atoms with Gasteiger partial charge in [0, 0.05) is 12.2 Å². The molecule has 1 aliphatic rings. The third kappa shape index (κ3) is 2.78. The van der Waals surface area contributed by atoms with Crippen molar-refractivity contribution in [3.8, 4) is 0 Å². The van der Waals surface area contributed by atoms with Gasteiger partial charge in [-0.15, -0.1) is 0 Å². The Morgan fingerprint density at radius 2 is 2.05 bits per heavy atom. The predicted octanol–water partition coefficient (Wildman–Crippen LogP) is 2.86. The number of anilines is 1. The molecule has 2 aromatic carbocycles. The highest BCUT2D eigenvalue weighted by molar-refractivity contribution is 6.04. The van der Waals surface area contributed by atoms with Crippen LogP contribution in [-0.2, 0) is 13.0 Å². The summed E-state index contributed by atoms with van der Waals surface area (Å²) in [4.78, 5) is 12.1. The van der Waals surface area contributed by atoms with Crippen molar-refractivity contribution in [1.29, 1.82) is 0 Å². The molecule has 0 radical (unpaired) electrons. The number of benzene rings is 2. The van der Waals surface area contributed by atoms with Crippen LogP contribution in [0.4, 0.5) is 14.5 Å². The van der Waals surface area contributed by atoms with E-state index >= 15 is 0 Å². The van der Waals surface area contributed by atoms with Crippen LogP contribution in [0.15, 0.2) is 36.4 Å². The Hall–Kier alpha value is -2.27. The normalized spacial score (nSPS) is 13.6. The van der Waals surface area contributed by atoms with E-state index in [1.54, 1.807) is 6.07 Å². The SMILES string of the molecule is O=C(Nc1cccc2c1CCNC2)c1cc(F)ccc1F. The van der Waals surface area contributed by atoms with Gasteiger partial charge in [0.15, 0.2) is 0 Å². The van der Waals surface area contributed by atoms with E-state index in [0.717, 1.165) is 48.8 Å². The van der Waals surface area contributed by atoms with Gasteiger partial charge < -0.3 is 10.6 Å². The fraction of sp³-hybridized carbons (Fsp3) is 0.188. The number of nitrogens with one attached hydrogen (secondary N) is 2. The molecule has 0 atom stereocenters. The first-order valence-corrected chi connectivity index (χ1v) is 6.73. The number of hydrogen-bond donors (Lipinski definition) is 2. The van der Waals surface area contributed by atoms with Gasteiger partial charge in [-0.05, 0) is 48.4 Å². The second-order valence-electron chi connectivity index (χ2n) is 4.95. The van der Waals surface area contributed by atoms with Crippen molar-refractivity contribution in [3.63, 3.8) is 0 Å². The Balaban J connectivity index is 1.90. The summed E-state index contributed by atoms with van der Waals surface area (Å²) in [5.41, 5.74) is 2.52. The van der Waals surface area contributed by atoms with Gasteiger partial charge in [0.1, 0.15) is 11.6 Å². The third-order valence-electron chi connectivity index (χ3n) is 3.56. The maximum Gasteiger partial charge on any atom is 0.258 e. The highest BCUT2D eigenvalue weighted by atomic mass is 19.1. The highest BCUT2D eigenvalue weighted by Gasteiger charge is 2.17. The second kappa shape index (κ2) is 5.61. The van der Waals surface area contributed by atoms with E-state index in [9.17, 15) is 13.6 Å². The van der Waals surface area contributed by atoms with Crippen molar-refractivity contribution in [2.45, 2.75) is 13.0 Å². The van der Waals surface area contributed by atoms with Crippen LogP contribution in [0, 0.1) is 11.6 Å². The monoisotopic (exact) mass is 288 g/mol. The van der Waals surface area contributed by atoms with Crippen molar-refractivity contribution in [3.05, 3.63) is 64.7 Å². The van der Waals surface area contributed by atoms with E-state index in [1.807, 2.05) is 12.1 Å². The lowest BCUT2D eigenvalue weighted by Gasteiger charge is -2.20. The molecule has 21 heavy (non-hydrogen) atoms. The second-order valence-corrected chi connectivity index (χ2v) is 4.95. The molecule has 0 bridgehead atoms. The zero-order chi connectivity index (χ0) is 14.8. The van der Waals surface area contributed by atoms with Crippen molar-refractivity contribution in [2.75, 3.05) is 11.9 Å². The van der Waals surface area contributed by atoms with Crippen LogP contribution in [0.2, 0.25) is 0 Å². The summed E-state index contributed by atoms with van der Waals surface area (Å²) >= 11 is 0. The minimum absolute atomic E-state index is 0.290. The Labute approximate surface area is 121 Å². The van der Waals surface area contributed by atoms with E-state index in [1.165, 1.54) is 0 Å². The van der Waals surface area contributed by atoms with Gasteiger partial charge in [0.25, 0.3) is 5.91 Å². The third-order valence-corrected chi connectivity index (χ3v) is 3.56. The van der Waals surface area contributed by atoms with Gasteiger partial charge in [-0.1, -0.05) is 12.1 Å². The zero-order valence-electron chi connectivity index (χ0n) is 11.2. The van der Waals surface area contributed by atoms with Crippen LogP contribution in [0.1, 0.15) is 21.5 Å². The molecular formula is C16H14F2N2O. The first-order chi connectivity index (χ1) is 10.1. The predicted molar refractivity (Wildman–Crippen MR) is 76.2 cm³/mol. The van der Waals surface area contributed by atoms with Gasteiger partial charge >= 0.3 is 0 Å². The number of carbonyl (C=O) groups excluding carboxylic acids is 1. The standard InChI is InChI=1S/C16H14F2N2O/c17-11-4-5-14(18)13(8-11)16(21)20-15-3-1-2-10-9-19-7-6-12(10)15/h1-5,8,19H,6-7,9H2,(H,20,21). The Kier molecular flexibility index (Phi) is 3.66. The topological polar surface area (TPSA) is 41.1 Å². The molecule has 1 amide bonds. The van der Waals surface area contributed by atoms with Crippen LogP contribution in [-0.4, -0.2) is 12.5 Å². The van der Waals surface area contributed by atoms with Crippen molar-refractivity contribution >= 4 is 11.6 Å². The molecule has 3 rings (SSSR count). The summed E-state index contributed by atoms with van der Waals surface area (Å²) in [6.45, 7) is 1.57. The van der Waals surface area contributed by atoms with Crippen molar-refractivity contribution in [1.82, 2.24) is 5.32 Å². The molecule has 0 saturated carbocycles. The quantitative estimate of drug-likeness (QED) is 0.892. The lowest BCUT2D eigenvalue weighted by Crippen LogP contribution is -2.25. The van der Waals surface area contributed by atoms with Crippen LogP contribution >= 0.6 is 0 Å². The number of rotatable bonds is 2. The fourth-order valence-corrected chi connectivity index (χ4v) is 2.51. The van der Waals surface area contributed by atoms with E-state index < -0.39 is 17.5 Å². The summed E-state index contributed by atoms with van der Waals surface area (Å²) < 4.78 is 26.8. The van der Waals surface area contributed by atoms with Crippen LogP contribution in [0.25, 0.3) is 0 Å². The lowest BCUT2D eigenvalue weighted by molar-refractivity contribution is 0.102. The lowest BCUT2D eigenvalue weighted by atomic mass is 9.99. The zero-order valence-corrected chi connectivity index (χ0v) is 11.2. The Morgan fingerprint density at radius 3 is 2.90 bits per heavy atom. The molecule has 5 heteroatoms. The molecule has 0 spiro atoms. The van der Waals surface area contributed by atoms with Gasteiger partial charge in [-0.2, -0.15) is 0 Å². The minimum atomic E-state index is -0.736. The van der Waals surface area contributed by atoms with E-state index in [4.69, 9.17) is 0 Å². The van der Waals surface area contributed by atoms with Crippen molar-refractivity contribution < 1.29 is 13.6 Å². The number of carbonyl (C=O) groups is 1. The van der Waals surface area contributed by atoms with Gasteiger partial charge in [-0.25, -0.2) is 8.78 Å². The van der Waals surface area contributed by atoms with Gasteiger partial charge in [0.2, 0.25) is 0 Å². The molecule has 2 aromatic rings. The average molecular weight is 288 g/mol. The van der Waals surface area contributed by atoms with Crippen LogP contribution in [0.3, 0.4) is 0 Å². The Bertz CT molecular complexity index is 701. The number of fused-ring (bicyclic) bond motifs is 1. The molecule has 1 heterocycles. The molecule has 2 N–H and O–H groups in total. The Morgan fingerprint density at radius 1 is 1.19 bits per heavy atom. The molecule has 0 fully saturated rings. The molecule has 0 unspecified atom stereocenters. The maximum atomic E-state index is 13.6. The van der Waals surface area contributed by atoms with E-state index in [0.29, 0.717) is 5.69 Å². The van der Waals surface area contributed by atoms with Crippen LogP contribution in [0.5, 0.6) is 0 Å². The van der Waals surface area contributed by atoms with Gasteiger partial charge in [-0.3, -0.25) is 4.79 Å². The first kappa shape index (κ1) is 13.7. The molecule has 3 nitrogen and oxygen atoms in total. The molecule has 1 aliphatic heterocycles. The molecule has 0 aromatic heterocycles. The molecular weight excluding hydrogens is 274 g/mol. The van der Waals surface area contributed by atoms with E-state index in [2.05, 4.69) is 10.6 Å². The summed E-state index contributed by atoms with van der Waals surface area (Å²) in [6.07, 6.45) is 0.789. The fourth-order valence-electron chi connectivity index (χ4n) is 2.51. The number of amides is 1. The van der Waals surface area contributed by atoms with Gasteiger partial charge in [0.05, 0.1) is 5.56 Å². The minimum Gasteiger partial charge on any atom is -0.322 e. The summed E-state index contributed by atoms with van der Waals surface area (Å²) in [5.74, 6) is -2.01. The molecule has 0 saturated heterocycles. The number of halogens is 2. The maximum absolute atomic E-state index is 13.6. The summed E-state index contributed by atoms with van der Waals surface area (Å²) in [5, 5.41) is 5.93. The smallest absolute Gasteiger partial charge is 0.258 e. The summed E-state index contributed by atoms with van der Waals surface area (Å²) in [6, 6.07) is 8.45. The summed E-state index contributed by atoms with van der Waals surface area (Å²) in [7, 11) is 0. The molecule has 0 aliphatic carbocycles. The number of hydrogen-bond acceptors (Lipinski definition) is 2. The van der Waals surface area contributed by atoms with Crippen molar-refractivity contribution in [2.24, 2.45) is 0 Å². The van der Waals surface area contributed by atoms with Crippen LogP contribution < -0.4 is 10.6 Å². The largest absolute Gasteiger partial charge is 0.322 e. The highest BCUT2D eigenvalue weighted by Crippen LogP contribution is 2.24. The molecule has 108 valence electrons.